The van der Waals surface area contributed by atoms with Crippen LogP contribution >= 0.6 is 0 Å². The number of rotatable bonds is 6. The lowest BCUT2D eigenvalue weighted by Gasteiger charge is -2.26. The van der Waals surface area contributed by atoms with E-state index in [2.05, 4.69) is 38.8 Å². The summed E-state index contributed by atoms with van der Waals surface area (Å²) in [6, 6.07) is 17.7. The Morgan fingerprint density at radius 1 is 0.938 bits per heavy atom. The van der Waals surface area contributed by atoms with Crippen molar-refractivity contribution in [3.8, 4) is 22.3 Å². The Balaban J connectivity index is 1.58. The number of hydrogen-bond donors (Lipinski definition) is 1. The van der Waals surface area contributed by atoms with Crippen molar-refractivity contribution in [2.24, 2.45) is 0 Å². The molecule has 2 aromatic heterocycles. The molecular formula is C26H25N3O3. The van der Waals surface area contributed by atoms with E-state index in [1.165, 1.54) is 0 Å². The lowest BCUT2D eigenvalue weighted by Crippen LogP contribution is -2.38. The predicted octanol–water partition coefficient (Wildman–Crippen LogP) is 4.40. The van der Waals surface area contributed by atoms with Crippen molar-refractivity contribution in [2.45, 2.75) is 6.54 Å². The van der Waals surface area contributed by atoms with Gasteiger partial charge in [-0.2, -0.15) is 0 Å². The van der Waals surface area contributed by atoms with Crippen molar-refractivity contribution in [3.05, 3.63) is 78.8 Å². The number of carboxylic acid groups (broad SMARTS) is 1. The van der Waals surface area contributed by atoms with E-state index < -0.39 is 5.97 Å². The van der Waals surface area contributed by atoms with Crippen LogP contribution in [0.25, 0.3) is 33.2 Å². The minimum absolute atomic E-state index is 0.313. The fourth-order valence-corrected chi connectivity index (χ4v) is 4.38. The molecule has 1 N–H and O–H groups in total. The van der Waals surface area contributed by atoms with Gasteiger partial charge < -0.3 is 14.4 Å². The van der Waals surface area contributed by atoms with E-state index in [9.17, 15) is 9.90 Å². The Kier molecular flexibility index (Phi) is 5.71. The lowest BCUT2D eigenvalue weighted by atomic mass is 9.99. The molecule has 1 saturated heterocycles. The van der Waals surface area contributed by atoms with Crippen molar-refractivity contribution in [1.29, 1.82) is 0 Å². The van der Waals surface area contributed by atoms with Crippen LogP contribution < -0.4 is 0 Å². The first kappa shape index (κ1) is 20.4. The standard InChI is InChI=1S/C26H25N3O3/c30-26(31)22-7-4-8-24-25(22)23(18-29(24)10-9-28-11-13-32-14-12-28)21-15-20(16-27-17-21)19-5-2-1-3-6-19/h1-8,15-18H,9-14H2,(H,30,31). The molecule has 32 heavy (non-hydrogen) atoms. The van der Waals surface area contributed by atoms with Gasteiger partial charge in [-0.05, 0) is 23.8 Å². The number of benzene rings is 2. The summed E-state index contributed by atoms with van der Waals surface area (Å²) in [6.45, 7) is 5.06. The molecule has 6 heteroatoms. The molecule has 0 saturated carbocycles. The van der Waals surface area contributed by atoms with Gasteiger partial charge in [-0.3, -0.25) is 9.88 Å². The topological polar surface area (TPSA) is 67.6 Å². The van der Waals surface area contributed by atoms with Gasteiger partial charge in [0, 0.05) is 72.4 Å². The van der Waals surface area contributed by atoms with E-state index in [4.69, 9.17) is 4.74 Å². The maximum absolute atomic E-state index is 12.1. The summed E-state index contributed by atoms with van der Waals surface area (Å²) < 4.78 is 7.62. The first-order valence-electron chi connectivity index (χ1n) is 10.9. The third-order valence-corrected chi connectivity index (χ3v) is 6.05. The van der Waals surface area contributed by atoms with E-state index in [0.717, 1.165) is 72.5 Å². The number of carboxylic acids is 1. The van der Waals surface area contributed by atoms with Crippen LogP contribution in [0.5, 0.6) is 0 Å². The Morgan fingerprint density at radius 3 is 2.50 bits per heavy atom. The Hall–Kier alpha value is -3.48. The van der Waals surface area contributed by atoms with Crippen LogP contribution in [-0.4, -0.2) is 58.4 Å². The summed E-state index contributed by atoms with van der Waals surface area (Å²) in [6.07, 6.45) is 5.73. The van der Waals surface area contributed by atoms with Crippen LogP contribution in [0.15, 0.2) is 73.2 Å². The number of aromatic carboxylic acids is 1. The van der Waals surface area contributed by atoms with Crippen molar-refractivity contribution in [3.63, 3.8) is 0 Å². The molecule has 162 valence electrons. The Bertz CT molecular complexity index is 1240. The molecule has 1 aliphatic heterocycles. The highest BCUT2D eigenvalue weighted by Gasteiger charge is 2.19. The van der Waals surface area contributed by atoms with Gasteiger partial charge in [0.25, 0.3) is 0 Å². The zero-order valence-electron chi connectivity index (χ0n) is 17.8. The number of ether oxygens (including phenoxy) is 1. The van der Waals surface area contributed by atoms with Gasteiger partial charge in [-0.1, -0.05) is 36.4 Å². The molecule has 0 unspecified atom stereocenters. The van der Waals surface area contributed by atoms with Crippen LogP contribution in [0.1, 0.15) is 10.4 Å². The largest absolute Gasteiger partial charge is 0.478 e. The number of morpholine rings is 1. The number of fused-ring (bicyclic) bond motifs is 1. The van der Waals surface area contributed by atoms with E-state index in [-0.39, 0.29) is 0 Å². The molecule has 3 heterocycles. The maximum atomic E-state index is 12.1. The summed E-state index contributed by atoms with van der Waals surface area (Å²) in [5.41, 5.74) is 5.13. The number of nitrogens with zero attached hydrogens (tertiary/aromatic N) is 3. The summed E-state index contributed by atoms with van der Waals surface area (Å²) in [5, 5.41) is 10.6. The fourth-order valence-electron chi connectivity index (χ4n) is 4.38. The average Bonchev–Trinajstić information content (AvgIpc) is 3.23. The zero-order valence-corrected chi connectivity index (χ0v) is 17.8. The second-order valence-corrected chi connectivity index (χ2v) is 8.02. The SMILES string of the molecule is O=C(O)c1cccc2c1c(-c1cncc(-c3ccccc3)c1)cn2CCN1CCOCC1. The second-order valence-electron chi connectivity index (χ2n) is 8.02. The first-order valence-corrected chi connectivity index (χ1v) is 10.9. The van der Waals surface area contributed by atoms with E-state index >= 15 is 0 Å². The van der Waals surface area contributed by atoms with Crippen molar-refractivity contribution in [1.82, 2.24) is 14.5 Å². The highest BCUT2D eigenvalue weighted by atomic mass is 16.5. The van der Waals surface area contributed by atoms with E-state index in [1.54, 1.807) is 6.07 Å². The second kappa shape index (κ2) is 8.94. The molecular weight excluding hydrogens is 402 g/mol. The lowest BCUT2D eigenvalue weighted by molar-refractivity contribution is 0.0365. The molecule has 2 aromatic carbocycles. The molecule has 0 bridgehead atoms. The van der Waals surface area contributed by atoms with Crippen LogP contribution in [-0.2, 0) is 11.3 Å². The van der Waals surface area contributed by atoms with Crippen LogP contribution in [0.2, 0.25) is 0 Å². The van der Waals surface area contributed by atoms with Gasteiger partial charge in [0.05, 0.1) is 18.8 Å². The van der Waals surface area contributed by atoms with Crippen LogP contribution in [0, 0.1) is 0 Å². The van der Waals surface area contributed by atoms with Gasteiger partial charge in [0.2, 0.25) is 0 Å². The molecule has 1 fully saturated rings. The third-order valence-electron chi connectivity index (χ3n) is 6.05. The molecule has 4 aromatic rings. The monoisotopic (exact) mass is 427 g/mol. The third kappa shape index (κ3) is 4.02. The molecule has 5 rings (SSSR count). The van der Waals surface area contributed by atoms with Crippen LogP contribution in [0.4, 0.5) is 0 Å². The first-order chi connectivity index (χ1) is 15.7. The molecule has 0 spiro atoms. The average molecular weight is 428 g/mol. The molecule has 6 nitrogen and oxygen atoms in total. The summed E-state index contributed by atoms with van der Waals surface area (Å²) in [5.74, 6) is -0.921. The molecule has 0 amide bonds. The van der Waals surface area contributed by atoms with E-state index in [0.29, 0.717) is 5.56 Å². The van der Waals surface area contributed by atoms with E-state index in [1.807, 2.05) is 42.7 Å². The van der Waals surface area contributed by atoms with Gasteiger partial charge in [-0.15, -0.1) is 0 Å². The summed E-state index contributed by atoms with van der Waals surface area (Å²) in [4.78, 5) is 18.9. The van der Waals surface area contributed by atoms with Gasteiger partial charge in [-0.25, -0.2) is 4.79 Å². The number of hydrogen-bond acceptors (Lipinski definition) is 4. The number of carbonyl (C=O) groups is 1. The van der Waals surface area contributed by atoms with Gasteiger partial charge in [0.1, 0.15) is 0 Å². The molecule has 0 aliphatic carbocycles. The highest BCUT2D eigenvalue weighted by Crippen LogP contribution is 2.35. The minimum atomic E-state index is -0.921. The minimum Gasteiger partial charge on any atom is -0.478 e. The molecule has 1 aliphatic rings. The fraction of sp³-hybridized carbons (Fsp3) is 0.231. The number of pyridine rings is 1. The molecule has 0 radical (unpaired) electrons. The van der Waals surface area contributed by atoms with Crippen LogP contribution in [0.3, 0.4) is 0 Å². The highest BCUT2D eigenvalue weighted by molar-refractivity contribution is 6.09. The zero-order chi connectivity index (χ0) is 21.9. The maximum Gasteiger partial charge on any atom is 0.336 e. The predicted molar refractivity (Wildman–Crippen MR) is 125 cm³/mol. The number of aromatic nitrogens is 2. The Labute approximate surface area is 186 Å². The van der Waals surface area contributed by atoms with Gasteiger partial charge >= 0.3 is 5.97 Å². The Morgan fingerprint density at radius 2 is 1.72 bits per heavy atom. The summed E-state index contributed by atoms with van der Waals surface area (Å²) >= 11 is 0. The normalized spacial score (nSPS) is 14.6. The van der Waals surface area contributed by atoms with Crippen molar-refractivity contribution >= 4 is 16.9 Å². The van der Waals surface area contributed by atoms with Gasteiger partial charge in [0.15, 0.2) is 0 Å². The van der Waals surface area contributed by atoms with Crippen molar-refractivity contribution in [2.75, 3.05) is 32.8 Å². The van der Waals surface area contributed by atoms with Crippen molar-refractivity contribution < 1.29 is 14.6 Å². The quantitative estimate of drug-likeness (QED) is 0.494. The molecule has 0 atom stereocenters. The smallest absolute Gasteiger partial charge is 0.336 e. The summed E-state index contributed by atoms with van der Waals surface area (Å²) in [7, 11) is 0.